The molecular weight excluding hydrogens is 276 g/mol. The topological polar surface area (TPSA) is 66.5 Å². The van der Waals surface area contributed by atoms with Gasteiger partial charge < -0.3 is 5.32 Å². The van der Waals surface area contributed by atoms with Crippen LogP contribution in [0.4, 0.5) is 5.69 Å². The van der Waals surface area contributed by atoms with E-state index >= 15 is 0 Å². The Balaban J connectivity index is 1.84. The predicted molar refractivity (Wildman–Crippen MR) is 79.0 cm³/mol. The summed E-state index contributed by atoms with van der Waals surface area (Å²) in [7, 11) is -3.14. The van der Waals surface area contributed by atoms with Gasteiger partial charge in [-0.1, -0.05) is 17.7 Å². The molecule has 1 aliphatic heterocycles. The van der Waals surface area contributed by atoms with Gasteiger partial charge in [-0.2, -0.15) is 0 Å². The van der Waals surface area contributed by atoms with Crippen molar-refractivity contribution in [2.75, 3.05) is 24.2 Å². The number of carbonyl (C=O) groups excluding carboxylic acids is 1. The minimum Gasteiger partial charge on any atom is -0.326 e. The molecule has 1 amide bonds. The highest BCUT2D eigenvalue weighted by Crippen LogP contribution is 2.14. The monoisotopic (exact) mass is 296 g/mol. The Morgan fingerprint density at radius 2 is 1.95 bits per heavy atom. The van der Waals surface area contributed by atoms with Crippen molar-refractivity contribution in [3.05, 3.63) is 29.8 Å². The lowest BCUT2D eigenvalue weighted by Crippen LogP contribution is -2.39. The molecule has 110 valence electrons. The molecule has 5 nitrogen and oxygen atoms in total. The van der Waals surface area contributed by atoms with Gasteiger partial charge in [0.1, 0.15) is 0 Å². The van der Waals surface area contributed by atoms with Crippen molar-refractivity contribution in [3.8, 4) is 0 Å². The zero-order valence-corrected chi connectivity index (χ0v) is 12.4. The number of aryl methyl sites for hydroxylation is 1. The number of hydrogen-bond donors (Lipinski definition) is 1. The number of benzene rings is 1. The lowest BCUT2D eigenvalue weighted by Gasteiger charge is -2.25. The van der Waals surface area contributed by atoms with E-state index < -0.39 is 10.0 Å². The molecule has 0 aliphatic carbocycles. The quantitative estimate of drug-likeness (QED) is 0.920. The Kier molecular flexibility index (Phi) is 4.77. The van der Waals surface area contributed by atoms with Crippen molar-refractivity contribution in [2.24, 2.45) is 0 Å². The number of nitrogens with zero attached hydrogens (tertiary/aromatic N) is 1. The third-order valence-corrected chi connectivity index (χ3v) is 5.33. The summed E-state index contributed by atoms with van der Waals surface area (Å²) in [5.41, 5.74) is 1.87. The van der Waals surface area contributed by atoms with Crippen LogP contribution in [0, 0.1) is 6.92 Å². The van der Waals surface area contributed by atoms with E-state index in [4.69, 9.17) is 0 Å². The van der Waals surface area contributed by atoms with Crippen molar-refractivity contribution < 1.29 is 13.2 Å². The van der Waals surface area contributed by atoms with Crippen molar-refractivity contribution in [3.63, 3.8) is 0 Å². The van der Waals surface area contributed by atoms with Gasteiger partial charge in [0.25, 0.3) is 0 Å². The number of hydrogen-bond acceptors (Lipinski definition) is 3. The first-order valence-electron chi connectivity index (χ1n) is 6.82. The molecule has 0 radical (unpaired) electrons. The summed E-state index contributed by atoms with van der Waals surface area (Å²) in [5.74, 6) is 0.0432. The average Bonchev–Trinajstić information content (AvgIpc) is 2.40. The molecular formula is C14H20N2O3S. The second-order valence-electron chi connectivity index (χ2n) is 5.09. The van der Waals surface area contributed by atoms with Gasteiger partial charge in [0.05, 0.1) is 5.75 Å². The maximum absolute atomic E-state index is 11.8. The maximum atomic E-state index is 11.8. The Morgan fingerprint density at radius 1 is 1.25 bits per heavy atom. The van der Waals surface area contributed by atoms with Crippen molar-refractivity contribution >= 4 is 21.6 Å². The van der Waals surface area contributed by atoms with Crippen LogP contribution in [0.25, 0.3) is 0 Å². The largest absolute Gasteiger partial charge is 0.326 e. The Hall–Kier alpha value is -1.40. The fourth-order valence-electron chi connectivity index (χ4n) is 2.18. The standard InChI is InChI=1S/C14H20N2O3S/c1-12-4-6-13(7-5-12)15-14(17)8-10-16-9-2-3-11-20(16,18)19/h4-7H,2-3,8-11H2,1H3,(H,15,17). The molecule has 1 aromatic carbocycles. The number of rotatable bonds is 4. The van der Waals surface area contributed by atoms with Crippen LogP contribution in [0.15, 0.2) is 24.3 Å². The number of amides is 1. The summed E-state index contributed by atoms with van der Waals surface area (Å²) in [6.45, 7) is 2.77. The third kappa shape index (κ3) is 4.05. The SMILES string of the molecule is Cc1ccc(NC(=O)CCN2CCCCS2(=O)=O)cc1. The summed E-state index contributed by atoms with van der Waals surface area (Å²) < 4.78 is 25.0. The van der Waals surface area contributed by atoms with Crippen LogP contribution in [-0.4, -0.2) is 37.5 Å². The fraction of sp³-hybridized carbons (Fsp3) is 0.500. The Labute approximate surface area is 120 Å². The molecule has 0 saturated carbocycles. The third-order valence-electron chi connectivity index (χ3n) is 3.38. The van der Waals surface area contributed by atoms with Gasteiger partial charge in [0.15, 0.2) is 0 Å². The molecule has 2 rings (SSSR count). The van der Waals surface area contributed by atoms with E-state index in [1.54, 1.807) is 0 Å². The van der Waals surface area contributed by atoms with E-state index in [0.29, 0.717) is 13.0 Å². The molecule has 1 saturated heterocycles. The van der Waals surface area contributed by atoms with Crippen molar-refractivity contribution in [2.45, 2.75) is 26.2 Å². The zero-order chi connectivity index (χ0) is 14.6. The van der Waals surface area contributed by atoms with Crippen molar-refractivity contribution in [1.29, 1.82) is 0 Å². The Morgan fingerprint density at radius 3 is 2.60 bits per heavy atom. The lowest BCUT2D eigenvalue weighted by molar-refractivity contribution is -0.116. The van der Waals surface area contributed by atoms with Gasteiger partial charge in [-0.25, -0.2) is 12.7 Å². The molecule has 6 heteroatoms. The van der Waals surface area contributed by atoms with Gasteiger partial charge >= 0.3 is 0 Å². The van der Waals surface area contributed by atoms with Gasteiger partial charge in [-0.05, 0) is 31.9 Å². The first-order valence-corrected chi connectivity index (χ1v) is 8.43. The molecule has 0 atom stereocenters. The lowest BCUT2D eigenvalue weighted by atomic mass is 10.2. The average molecular weight is 296 g/mol. The van der Waals surface area contributed by atoms with Crippen molar-refractivity contribution in [1.82, 2.24) is 4.31 Å². The highest BCUT2D eigenvalue weighted by molar-refractivity contribution is 7.89. The highest BCUT2D eigenvalue weighted by Gasteiger charge is 2.25. The van der Waals surface area contributed by atoms with E-state index in [0.717, 1.165) is 17.7 Å². The number of anilines is 1. The summed E-state index contributed by atoms with van der Waals surface area (Å²) in [4.78, 5) is 11.8. The van der Waals surface area contributed by atoms with Crippen LogP contribution < -0.4 is 5.32 Å². The van der Waals surface area contributed by atoms with E-state index in [1.165, 1.54) is 4.31 Å². The molecule has 1 aliphatic rings. The number of nitrogens with one attached hydrogen (secondary N) is 1. The van der Waals surface area contributed by atoms with Gasteiger partial charge in [-0.15, -0.1) is 0 Å². The highest BCUT2D eigenvalue weighted by atomic mass is 32.2. The Bertz CT molecular complexity index is 567. The summed E-state index contributed by atoms with van der Waals surface area (Å²) >= 11 is 0. The second kappa shape index (κ2) is 6.37. The second-order valence-corrected chi connectivity index (χ2v) is 7.17. The van der Waals surface area contributed by atoms with E-state index in [1.807, 2.05) is 31.2 Å². The van der Waals surface area contributed by atoms with Crippen LogP contribution >= 0.6 is 0 Å². The molecule has 1 aromatic rings. The van der Waals surface area contributed by atoms with E-state index in [-0.39, 0.29) is 24.6 Å². The molecule has 0 unspecified atom stereocenters. The molecule has 0 spiro atoms. The van der Waals surface area contributed by atoms with Gasteiger partial charge in [0.2, 0.25) is 15.9 Å². The first-order chi connectivity index (χ1) is 9.47. The normalized spacial score (nSPS) is 18.6. The smallest absolute Gasteiger partial charge is 0.225 e. The number of carbonyl (C=O) groups is 1. The molecule has 1 fully saturated rings. The van der Waals surface area contributed by atoms with Crippen LogP contribution in [0.1, 0.15) is 24.8 Å². The van der Waals surface area contributed by atoms with Gasteiger partial charge in [-0.3, -0.25) is 4.79 Å². The zero-order valence-electron chi connectivity index (χ0n) is 11.6. The summed E-state index contributed by atoms with van der Waals surface area (Å²) in [5, 5.41) is 2.78. The van der Waals surface area contributed by atoms with Gasteiger partial charge in [0, 0.05) is 25.2 Å². The fourth-order valence-corrected chi connectivity index (χ4v) is 3.78. The van der Waals surface area contributed by atoms with Crippen LogP contribution in [0.2, 0.25) is 0 Å². The molecule has 0 bridgehead atoms. The summed E-state index contributed by atoms with van der Waals surface area (Å²) in [6, 6.07) is 7.52. The minimum atomic E-state index is -3.14. The predicted octanol–water partition coefficient (Wildman–Crippen LogP) is 1.75. The molecule has 20 heavy (non-hydrogen) atoms. The van der Waals surface area contributed by atoms with E-state index in [2.05, 4.69) is 5.32 Å². The molecule has 1 N–H and O–H groups in total. The van der Waals surface area contributed by atoms with E-state index in [9.17, 15) is 13.2 Å². The maximum Gasteiger partial charge on any atom is 0.225 e. The first kappa shape index (κ1) is 15.0. The minimum absolute atomic E-state index is 0.158. The molecule has 1 heterocycles. The molecule has 0 aromatic heterocycles. The summed E-state index contributed by atoms with van der Waals surface area (Å²) in [6.07, 6.45) is 1.78. The van der Waals surface area contributed by atoms with Crippen LogP contribution in [-0.2, 0) is 14.8 Å². The van der Waals surface area contributed by atoms with Crippen LogP contribution in [0.3, 0.4) is 0 Å². The number of sulfonamides is 1. The van der Waals surface area contributed by atoms with Crippen LogP contribution in [0.5, 0.6) is 0 Å².